The Morgan fingerprint density at radius 1 is 1.09 bits per heavy atom. The number of nitrogens with one attached hydrogen (secondary N) is 1. The summed E-state index contributed by atoms with van der Waals surface area (Å²) in [6.45, 7) is 1.21. The van der Waals surface area contributed by atoms with Crippen LogP contribution < -0.4 is 9.46 Å². The van der Waals surface area contributed by atoms with Crippen molar-refractivity contribution in [2.45, 2.75) is 30.3 Å². The number of aryl methyl sites for hydroxylation is 1. The molecular weight excluding hydrogens is 456 g/mol. The lowest BCUT2D eigenvalue weighted by Gasteiger charge is -2.17. The van der Waals surface area contributed by atoms with Crippen molar-refractivity contribution >= 4 is 17.8 Å². The standard InChI is InChI=1S/C14H13FN2OS.C10H11F3O/c15-13-4-1-5-14(16-13)17-19-11-7-6-10-3-2-8-18-12(10)9-11;1-14-6-5-8-3-2-4-9(7-8)10(11,12)13/h1,4-7,9H,2-3,8H2,(H,16,17);2-4,7H,5-6H2,1H3. The lowest BCUT2D eigenvalue weighted by atomic mass is 10.1. The van der Waals surface area contributed by atoms with Crippen molar-refractivity contribution in [3.63, 3.8) is 0 Å². The van der Waals surface area contributed by atoms with Crippen molar-refractivity contribution in [1.82, 2.24) is 4.98 Å². The Labute approximate surface area is 194 Å². The van der Waals surface area contributed by atoms with E-state index in [1.165, 1.54) is 36.8 Å². The molecule has 0 saturated carbocycles. The smallest absolute Gasteiger partial charge is 0.416 e. The molecule has 0 radical (unpaired) electrons. The number of hydrogen-bond donors (Lipinski definition) is 1. The van der Waals surface area contributed by atoms with E-state index in [-0.39, 0.29) is 0 Å². The van der Waals surface area contributed by atoms with Gasteiger partial charge in [0.05, 0.1) is 18.8 Å². The molecule has 1 aromatic heterocycles. The molecule has 1 aliphatic heterocycles. The van der Waals surface area contributed by atoms with Gasteiger partial charge in [-0.1, -0.05) is 30.3 Å². The van der Waals surface area contributed by atoms with Crippen molar-refractivity contribution < 1.29 is 27.0 Å². The lowest BCUT2D eigenvalue weighted by molar-refractivity contribution is -0.137. The fourth-order valence-corrected chi connectivity index (χ4v) is 3.72. The molecule has 1 aliphatic rings. The van der Waals surface area contributed by atoms with E-state index < -0.39 is 17.7 Å². The SMILES string of the molecule is COCCc1cccc(C(F)(F)F)c1.Fc1cccc(NSc2ccc3c(c2)OCCC3)n1. The number of rotatable bonds is 6. The van der Waals surface area contributed by atoms with E-state index in [1.54, 1.807) is 18.2 Å². The summed E-state index contributed by atoms with van der Waals surface area (Å²) in [6, 6.07) is 16.1. The average Bonchev–Trinajstić information content (AvgIpc) is 2.81. The fraction of sp³-hybridized carbons (Fsp3) is 0.292. The van der Waals surface area contributed by atoms with Crippen LogP contribution in [-0.2, 0) is 23.8 Å². The zero-order valence-electron chi connectivity index (χ0n) is 18.0. The van der Waals surface area contributed by atoms with Crippen molar-refractivity contribution in [1.29, 1.82) is 0 Å². The van der Waals surface area contributed by atoms with Gasteiger partial charge in [0.15, 0.2) is 0 Å². The number of ether oxygens (including phenoxy) is 2. The minimum Gasteiger partial charge on any atom is -0.493 e. The van der Waals surface area contributed by atoms with Gasteiger partial charge in [0.2, 0.25) is 5.95 Å². The summed E-state index contributed by atoms with van der Waals surface area (Å²) in [7, 11) is 1.52. The molecule has 0 spiro atoms. The van der Waals surface area contributed by atoms with Gasteiger partial charge in [-0.3, -0.25) is 0 Å². The maximum atomic E-state index is 12.9. The van der Waals surface area contributed by atoms with Crippen molar-refractivity contribution in [2.24, 2.45) is 0 Å². The van der Waals surface area contributed by atoms with Gasteiger partial charge in [-0.05, 0) is 72.7 Å². The van der Waals surface area contributed by atoms with Crippen LogP contribution in [0.2, 0.25) is 0 Å². The lowest BCUT2D eigenvalue weighted by Crippen LogP contribution is -2.08. The van der Waals surface area contributed by atoms with Gasteiger partial charge in [0, 0.05) is 12.0 Å². The van der Waals surface area contributed by atoms with E-state index >= 15 is 0 Å². The van der Waals surface area contributed by atoms with Crippen LogP contribution in [0.5, 0.6) is 5.75 Å². The average molecular weight is 481 g/mol. The Morgan fingerprint density at radius 2 is 1.91 bits per heavy atom. The largest absolute Gasteiger partial charge is 0.493 e. The molecule has 0 fully saturated rings. The van der Waals surface area contributed by atoms with Crippen molar-refractivity contribution in [3.8, 4) is 5.75 Å². The summed E-state index contributed by atoms with van der Waals surface area (Å²) in [5.41, 5.74) is 1.28. The fourth-order valence-electron chi connectivity index (χ4n) is 3.08. The van der Waals surface area contributed by atoms with Crippen LogP contribution in [0.1, 0.15) is 23.1 Å². The van der Waals surface area contributed by atoms with E-state index in [4.69, 9.17) is 9.47 Å². The van der Waals surface area contributed by atoms with Gasteiger partial charge in [-0.2, -0.15) is 17.6 Å². The number of fused-ring (bicyclic) bond motifs is 1. The van der Waals surface area contributed by atoms with Crippen LogP contribution >= 0.6 is 11.9 Å². The molecule has 4 nitrogen and oxygen atoms in total. The van der Waals surface area contributed by atoms with Gasteiger partial charge in [0.1, 0.15) is 11.6 Å². The summed E-state index contributed by atoms with van der Waals surface area (Å²) in [5, 5.41) is 0. The Kier molecular flexibility index (Phi) is 8.96. The number of hydrogen-bond acceptors (Lipinski definition) is 5. The predicted molar refractivity (Wildman–Crippen MR) is 121 cm³/mol. The van der Waals surface area contributed by atoms with Gasteiger partial charge in [-0.25, -0.2) is 4.98 Å². The second-order valence-electron chi connectivity index (χ2n) is 7.21. The zero-order valence-corrected chi connectivity index (χ0v) is 18.8. The number of anilines is 1. The highest BCUT2D eigenvalue weighted by atomic mass is 32.2. The topological polar surface area (TPSA) is 43.4 Å². The molecule has 1 N–H and O–H groups in total. The Hall–Kier alpha value is -2.78. The highest BCUT2D eigenvalue weighted by molar-refractivity contribution is 8.00. The number of halogens is 4. The quantitative estimate of drug-likeness (QED) is 0.246. The first-order valence-corrected chi connectivity index (χ1v) is 11.1. The molecule has 0 saturated heterocycles. The van der Waals surface area contributed by atoms with E-state index in [1.807, 2.05) is 12.1 Å². The van der Waals surface area contributed by atoms with E-state index in [2.05, 4.69) is 15.8 Å². The van der Waals surface area contributed by atoms with E-state index in [0.29, 0.717) is 24.4 Å². The van der Waals surface area contributed by atoms with Gasteiger partial charge in [-0.15, -0.1) is 0 Å². The molecule has 33 heavy (non-hydrogen) atoms. The van der Waals surface area contributed by atoms with Crippen molar-refractivity contribution in [3.05, 3.63) is 83.3 Å². The minimum absolute atomic E-state index is 0.432. The van der Waals surface area contributed by atoms with Gasteiger partial charge >= 0.3 is 6.18 Å². The molecule has 0 bridgehead atoms. The number of aromatic nitrogens is 1. The van der Waals surface area contributed by atoms with Gasteiger partial charge in [0.25, 0.3) is 0 Å². The number of pyridine rings is 1. The first kappa shape index (κ1) is 24.9. The van der Waals surface area contributed by atoms with Crippen molar-refractivity contribution in [2.75, 3.05) is 25.0 Å². The summed E-state index contributed by atoms with van der Waals surface area (Å²) in [6.07, 6.45) is -1.62. The summed E-state index contributed by atoms with van der Waals surface area (Å²) in [4.78, 5) is 4.77. The maximum Gasteiger partial charge on any atom is 0.416 e. The molecule has 2 aromatic carbocycles. The molecule has 2 heterocycles. The number of benzene rings is 2. The van der Waals surface area contributed by atoms with Crippen LogP contribution in [0, 0.1) is 5.95 Å². The third kappa shape index (κ3) is 7.94. The second kappa shape index (κ2) is 11.9. The van der Waals surface area contributed by atoms with Crippen LogP contribution in [0.25, 0.3) is 0 Å². The van der Waals surface area contributed by atoms with E-state index in [9.17, 15) is 17.6 Å². The summed E-state index contributed by atoms with van der Waals surface area (Å²) >= 11 is 1.40. The number of alkyl halides is 3. The normalized spacial score (nSPS) is 12.8. The molecule has 176 valence electrons. The molecule has 0 atom stereocenters. The van der Waals surface area contributed by atoms with E-state index in [0.717, 1.165) is 42.2 Å². The Balaban J connectivity index is 0.000000196. The monoisotopic (exact) mass is 480 g/mol. The summed E-state index contributed by atoms with van der Waals surface area (Å²) < 4.78 is 63.1. The molecule has 4 rings (SSSR count). The first-order chi connectivity index (χ1) is 15.8. The molecule has 0 aliphatic carbocycles. The molecule has 9 heteroatoms. The zero-order chi connectivity index (χ0) is 23.7. The highest BCUT2D eigenvalue weighted by Crippen LogP contribution is 2.31. The van der Waals surface area contributed by atoms with Crippen LogP contribution in [0.15, 0.2) is 65.6 Å². The predicted octanol–water partition coefficient (Wildman–Crippen LogP) is 6.56. The Morgan fingerprint density at radius 3 is 2.67 bits per heavy atom. The van der Waals surface area contributed by atoms with Crippen LogP contribution in [-0.4, -0.2) is 25.3 Å². The summed E-state index contributed by atoms with van der Waals surface area (Å²) in [5.74, 6) is 0.966. The first-order valence-electron chi connectivity index (χ1n) is 10.3. The number of nitrogens with zero attached hydrogens (tertiary/aromatic N) is 1. The molecular formula is C24H24F4N2O2S. The second-order valence-corrected chi connectivity index (χ2v) is 8.09. The van der Waals surface area contributed by atoms with Crippen LogP contribution in [0.3, 0.4) is 0 Å². The molecule has 3 aromatic rings. The van der Waals surface area contributed by atoms with Crippen LogP contribution in [0.4, 0.5) is 23.4 Å². The third-order valence-electron chi connectivity index (χ3n) is 4.72. The molecule has 0 unspecified atom stereocenters. The Bertz CT molecular complexity index is 1050. The minimum atomic E-state index is -4.26. The third-order valence-corrected chi connectivity index (χ3v) is 5.53. The van der Waals surface area contributed by atoms with Gasteiger partial charge < -0.3 is 14.2 Å². The molecule has 0 amide bonds. The maximum absolute atomic E-state index is 12.9. The highest BCUT2D eigenvalue weighted by Gasteiger charge is 2.30. The number of methoxy groups -OCH3 is 1.